The smallest absolute Gasteiger partial charge is 0.258 e. The van der Waals surface area contributed by atoms with Crippen LogP contribution in [-0.4, -0.2) is 21.6 Å². The van der Waals surface area contributed by atoms with E-state index in [4.69, 9.17) is 11.6 Å². The van der Waals surface area contributed by atoms with E-state index in [1.165, 1.54) is 6.20 Å². The molecule has 0 unspecified atom stereocenters. The second-order valence-corrected chi connectivity index (χ2v) is 7.09. The van der Waals surface area contributed by atoms with E-state index in [9.17, 15) is 9.90 Å². The van der Waals surface area contributed by atoms with Gasteiger partial charge in [-0.15, -0.1) is 0 Å². The molecule has 4 nitrogen and oxygen atoms in total. The molecule has 2 N–H and O–H groups in total. The van der Waals surface area contributed by atoms with Crippen molar-refractivity contribution < 1.29 is 9.90 Å². The average Bonchev–Trinajstić information content (AvgIpc) is 2.67. The van der Waals surface area contributed by atoms with Crippen LogP contribution in [0.15, 0.2) is 66.9 Å². The minimum Gasteiger partial charge on any atom is -0.378 e. The Bertz CT molecular complexity index is 1060. The van der Waals surface area contributed by atoms with Gasteiger partial charge in [0.25, 0.3) is 5.91 Å². The molecule has 1 amide bonds. The number of benzene rings is 2. The van der Waals surface area contributed by atoms with Crippen LogP contribution in [0.3, 0.4) is 0 Å². The Morgan fingerprint density at radius 3 is 2.54 bits per heavy atom. The van der Waals surface area contributed by atoms with Gasteiger partial charge in [0.2, 0.25) is 0 Å². The number of nitrogens with zero attached hydrogens (tertiary/aromatic N) is 1. The van der Waals surface area contributed by atoms with Crippen molar-refractivity contribution in [2.45, 2.75) is 19.4 Å². The molecule has 0 aliphatic heterocycles. The molecular formula is C23H19ClN2O2. The standard InChI is InChI=1S/C23H19ClN2O2/c1-23(2,28)13-12-16-10-11-18(17-7-4-3-5-8-17)20(15-16)26-22(27)19-9-6-14-25-21(19)24/h3-11,14-15,28H,1-2H3,(H,26,27). The second-order valence-electron chi connectivity index (χ2n) is 6.73. The largest absolute Gasteiger partial charge is 0.378 e. The number of aliphatic hydroxyl groups is 1. The minimum atomic E-state index is -1.11. The molecule has 28 heavy (non-hydrogen) atoms. The number of pyridine rings is 1. The number of amides is 1. The third kappa shape index (κ3) is 4.98. The SMILES string of the molecule is CC(C)(O)C#Cc1ccc(-c2ccccc2)c(NC(=O)c2cccnc2Cl)c1. The molecule has 0 saturated carbocycles. The van der Waals surface area contributed by atoms with Crippen LogP contribution in [0.2, 0.25) is 5.15 Å². The first kappa shape index (κ1) is 19.6. The molecule has 0 saturated heterocycles. The average molecular weight is 391 g/mol. The lowest BCUT2D eigenvalue weighted by molar-refractivity contribution is 0.102. The summed E-state index contributed by atoms with van der Waals surface area (Å²) < 4.78 is 0. The van der Waals surface area contributed by atoms with Gasteiger partial charge in [0.1, 0.15) is 10.8 Å². The summed E-state index contributed by atoms with van der Waals surface area (Å²) in [6.45, 7) is 3.23. The van der Waals surface area contributed by atoms with Crippen LogP contribution in [-0.2, 0) is 0 Å². The van der Waals surface area contributed by atoms with E-state index in [-0.39, 0.29) is 16.6 Å². The Balaban J connectivity index is 2.03. The maximum atomic E-state index is 12.7. The number of halogens is 1. The molecule has 0 bridgehead atoms. The first-order valence-electron chi connectivity index (χ1n) is 8.70. The van der Waals surface area contributed by atoms with Crippen LogP contribution in [0.5, 0.6) is 0 Å². The maximum absolute atomic E-state index is 12.7. The second kappa shape index (κ2) is 8.26. The highest BCUT2D eigenvalue weighted by Crippen LogP contribution is 2.29. The zero-order valence-corrected chi connectivity index (χ0v) is 16.3. The summed E-state index contributed by atoms with van der Waals surface area (Å²) in [6, 6.07) is 18.5. The lowest BCUT2D eigenvalue weighted by Crippen LogP contribution is -2.15. The maximum Gasteiger partial charge on any atom is 0.258 e. The topological polar surface area (TPSA) is 62.2 Å². The predicted octanol–water partition coefficient (Wildman–Crippen LogP) is 4.78. The third-order valence-electron chi connectivity index (χ3n) is 3.87. The molecule has 0 aliphatic rings. The van der Waals surface area contributed by atoms with Gasteiger partial charge in [0, 0.05) is 17.3 Å². The third-order valence-corrected chi connectivity index (χ3v) is 4.17. The molecule has 5 heteroatoms. The first-order chi connectivity index (χ1) is 13.3. The van der Waals surface area contributed by atoms with Crippen LogP contribution in [0, 0.1) is 11.8 Å². The summed E-state index contributed by atoms with van der Waals surface area (Å²) in [6.07, 6.45) is 1.53. The number of hydrogen-bond acceptors (Lipinski definition) is 3. The Kier molecular flexibility index (Phi) is 5.79. The van der Waals surface area contributed by atoms with Gasteiger partial charge in [-0.1, -0.05) is 59.8 Å². The van der Waals surface area contributed by atoms with Gasteiger partial charge in [-0.05, 0) is 43.7 Å². The fraction of sp³-hybridized carbons (Fsp3) is 0.130. The highest BCUT2D eigenvalue weighted by atomic mass is 35.5. The van der Waals surface area contributed by atoms with Gasteiger partial charge in [-0.3, -0.25) is 4.79 Å². The quantitative estimate of drug-likeness (QED) is 0.500. The Morgan fingerprint density at radius 1 is 1.11 bits per heavy atom. The van der Waals surface area contributed by atoms with Crippen LogP contribution in [0.25, 0.3) is 11.1 Å². The van der Waals surface area contributed by atoms with E-state index >= 15 is 0 Å². The zero-order valence-electron chi connectivity index (χ0n) is 15.5. The summed E-state index contributed by atoms with van der Waals surface area (Å²) in [4.78, 5) is 16.7. The molecule has 0 fully saturated rings. The predicted molar refractivity (Wildman–Crippen MR) is 112 cm³/mol. The molecule has 3 rings (SSSR count). The highest BCUT2D eigenvalue weighted by Gasteiger charge is 2.14. The summed E-state index contributed by atoms with van der Waals surface area (Å²) in [5, 5.41) is 12.9. The Labute approximate surface area is 169 Å². The van der Waals surface area contributed by atoms with Crippen molar-refractivity contribution in [3.8, 4) is 23.0 Å². The van der Waals surface area contributed by atoms with Crippen LogP contribution >= 0.6 is 11.6 Å². The van der Waals surface area contributed by atoms with Gasteiger partial charge in [0.15, 0.2) is 0 Å². The Hall–Kier alpha value is -3.13. The minimum absolute atomic E-state index is 0.138. The molecule has 3 aromatic rings. The lowest BCUT2D eigenvalue weighted by Gasteiger charge is -2.13. The van der Waals surface area contributed by atoms with E-state index in [2.05, 4.69) is 22.1 Å². The van der Waals surface area contributed by atoms with Crippen molar-refractivity contribution in [1.82, 2.24) is 4.98 Å². The van der Waals surface area contributed by atoms with Crippen molar-refractivity contribution in [2.24, 2.45) is 0 Å². The summed E-state index contributed by atoms with van der Waals surface area (Å²) in [7, 11) is 0. The molecule has 2 aromatic carbocycles. The molecule has 1 heterocycles. The number of aromatic nitrogens is 1. The number of anilines is 1. The number of carbonyl (C=O) groups is 1. The molecular weight excluding hydrogens is 372 g/mol. The van der Waals surface area contributed by atoms with Gasteiger partial charge in [0.05, 0.1) is 11.3 Å². The van der Waals surface area contributed by atoms with Crippen molar-refractivity contribution >= 4 is 23.2 Å². The monoisotopic (exact) mass is 390 g/mol. The van der Waals surface area contributed by atoms with E-state index in [1.54, 1.807) is 32.0 Å². The van der Waals surface area contributed by atoms with Crippen molar-refractivity contribution in [1.29, 1.82) is 0 Å². The summed E-state index contributed by atoms with van der Waals surface area (Å²) in [5.41, 5.74) is 2.26. The normalized spacial score (nSPS) is 10.7. The first-order valence-corrected chi connectivity index (χ1v) is 9.08. The fourth-order valence-corrected chi connectivity index (χ4v) is 2.77. The van der Waals surface area contributed by atoms with Crippen molar-refractivity contribution in [2.75, 3.05) is 5.32 Å². The van der Waals surface area contributed by atoms with E-state index in [0.29, 0.717) is 11.3 Å². The van der Waals surface area contributed by atoms with Crippen LogP contribution < -0.4 is 5.32 Å². The lowest BCUT2D eigenvalue weighted by atomic mass is 10.0. The van der Waals surface area contributed by atoms with E-state index in [1.807, 2.05) is 42.5 Å². The zero-order chi connectivity index (χ0) is 20.1. The molecule has 0 aliphatic carbocycles. The molecule has 0 spiro atoms. The fourth-order valence-electron chi connectivity index (χ4n) is 2.57. The molecule has 1 aromatic heterocycles. The van der Waals surface area contributed by atoms with Gasteiger partial charge < -0.3 is 10.4 Å². The number of nitrogens with one attached hydrogen (secondary N) is 1. The van der Waals surface area contributed by atoms with Crippen LogP contribution in [0.4, 0.5) is 5.69 Å². The number of hydrogen-bond donors (Lipinski definition) is 2. The van der Waals surface area contributed by atoms with E-state index < -0.39 is 5.60 Å². The molecule has 0 radical (unpaired) electrons. The van der Waals surface area contributed by atoms with Gasteiger partial charge >= 0.3 is 0 Å². The molecule has 0 atom stereocenters. The van der Waals surface area contributed by atoms with Gasteiger partial charge in [-0.2, -0.15) is 0 Å². The van der Waals surface area contributed by atoms with E-state index in [0.717, 1.165) is 11.1 Å². The van der Waals surface area contributed by atoms with Crippen molar-refractivity contribution in [3.05, 3.63) is 83.1 Å². The number of carbonyl (C=O) groups excluding carboxylic acids is 1. The summed E-state index contributed by atoms with van der Waals surface area (Å²) >= 11 is 6.05. The number of rotatable bonds is 3. The summed E-state index contributed by atoms with van der Waals surface area (Å²) in [5.74, 6) is 5.36. The Morgan fingerprint density at radius 2 is 1.86 bits per heavy atom. The highest BCUT2D eigenvalue weighted by molar-refractivity contribution is 6.33. The van der Waals surface area contributed by atoms with Gasteiger partial charge in [-0.25, -0.2) is 4.98 Å². The molecule has 140 valence electrons. The van der Waals surface area contributed by atoms with Crippen LogP contribution in [0.1, 0.15) is 29.8 Å². The van der Waals surface area contributed by atoms with Crippen molar-refractivity contribution in [3.63, 3.8) is 0 Å².